The van der Waals surface area contributed by atoms with Crippen LogP contribution < -0.4 is 15.4 Å². The Bertz CT molecular complexity index is 419. The standard InChI is InChI=1S/C16H27FN2O/c1-5-12(6-2)11-19(7-3)15-10-16(20-8-4)13(17)9-14(15)18/h9-10,12H,5-8,11,18H2,1-4H3. The van der Waals surface area contributed by atoms with Gasteiger partial charge in [-0.25, -0.2) is 4.39 Å². The Labute approximate surface area is 121 Å². The molecule has 1 aromatic carbocycles. The van der Waals surface area contributed by atoms with E-state index in [1.54, 1.807) is 6.07 Å². The average Bonchev–Trinajstić information content (AvgIpc) is 2.44. The molecule has 4 heteroatoms. The highest BCUT2D eigenvalue weighted by Crippen LogP contribution is 2.32. The lowest BCUT2D eigenvalue weighted by atomic mass is 10.0. The van der Waals surface area contributed by atoms with E-state index >= 15 is 0 Å². The molecule has 0 aliphatic rings. The van der Waals surface area contributed by atoms with E-state index in [0.717, 1.165) is 31.6 Å². The predicted molar refractivity (Wildman–Crippen MR) is 83.9 cm³/mol. The topological polar surface area (TPSA) is 38.5 Å². The maximum atomic E-state index is 13.8. The van der Waals surface area contributed by atoms with Crippen molar-refractivity contribution in [3.63, 3.8) is 0 Å². The largest absolute Gasteiger partial charge is 0.491 e. The molecule has 3 nitrogen and oxygen atoms in total. The van der Waals surface area contributed by atoms with E-state index in [1.165, 1.54) is 6.07 Å². The predicted octanol–water partition coefficient (Wildman–Crippen LogP) is 4.07. The molecule has 0 fully saturated rings. The van der Waals surface area contributed by atoms with E-state index in [2.05, 4.69) is 25.7 Å². The lowest BCUT2D eigenvalue weighted by Crippen LogP contribution is -2.29. The van der Waals surface area contributed by atoms with Crippen molar-refractivity contribution in [1.29, 1.82) is 0 Å². The molecule has 0 spiro atoms. The van der Waals surface area contributed by atoms with Gasteiger partial charge >= 0.3 is 0 Å². The number of benzene rings is 1. The zero-order valence-electron chi connectivity index (χ0n) is 13.1. The fourth-order valence-electron chi connectivity index (χ4n) is 2.35. The van der Waals surface area contributed by atoms with Crippen molar-refractivity contribution in [3.05, 3.63) is 17.9 Å². The lowest BCUT2D eigenvalue weighted by molar-refractivity contribution is 0.321. The van der Waals surface area contributed by atoms with Crippen LogP contribution in [0.4, 0.5) is 15.8 Å². The van der Waals surface area contributed by atoms with Crippen LogP contribution in [0.15, 0.2) is 12.1 Å². The van der Waals surface area contributed by atoms with Gasteiger partial charge in [-0.05, 0) is 19.8 Å². The fraction of sp³-hybridized carbons (Fsp3) is 0.625. The molecule has 0 aromatic heterocycles. The average molecular weight is 282 g/mol. The number of hydrogen-bond acceptors (Lipinski definition) is 3. The van der Waals surface area contributed by atoms with Gasteiger partial charge in [-0.1, -0.05) is 26.7 Å². The third-order valence-electron chi connectivity index (χ3n) is 3.74. The first-order valence-corrected chi connectivity index (χ1v) is 7.53. The third-order valence-corrected chi connectivity index (χ3v) is 3.74. The molecule has 114 valence electrons. The second-order valence-electron chi connectivity index (χ2n) is 5.00. The monoisotopic (exact) mass is 282 g/mol. The van der Waals surface area contributed by atoms with E-state index in [-0.39, 0.29) is 5.75 Å². The maximum Gasteiger partial charge on any atom is 0.167 e. The Balaban J connectivity index is 3.04. The van der Waals surface area contributed by atoms with Gasteiger partial charge in [-0.15, -0.1) is 0 Å². The summed E-state index contributed by atoms with van der Waals surface area (Å²) < 4.78 is 19.1. The number of anilines is 2. The van der Waals surface area contributed by atoms with Crippen LogP contribution >= 0.6 is 0 Å². The van der Waals surface area contributed by atoms with E-state index < -0.39 is 5.82 Å². The van der Waals surface area contributed by atoms with E-state index in [1.807, 2.05) is 6.92 Å². The second-order valence-corrected chi connectivity index (χ2v) is 5.00. The van der Waals surface area contributed by atoms with Crippen molar-refractivity contribution in [3.8, 4) is 5.75 Å². The minimum absolute atomic E-state index is 0.277. The zero-order chi connectivity index (χ0) is 15.1. The van der Waals surface area contributed by atoms with Gasteiger partial charge in [0.25, 0.3) is 0 Å². The molecule has 0 saturated carbocycles. The summed E-state index contributed by atoms with van der Waals surface area (Å²) in [7, 11) is 0. The van der Waals surface area contributed by atoms with Crippen LogP contribution in [0.5, 0.6) is 5.75 Å². The first-order valence-electron chi connectivity index (χ1n) is 7.53. The van der Waals surface area contributed by atoms with Gasteiger partial charge in [0.05, 0.1) is 18.0 Å². The number of halogens is 1. The summed E-state index contributed by atoms with van der Waals surface area (Å²) >= 11 is 0. The molecule has 0 bridgehead atoms. The number of nitrogens with zero attached hydrogens (tertiary/aromatic N) is 1. The molecule has 0 unspecified atom stereocenters. The highest BCUT2D eigenvalue weighted by atomic mass is 19.1. The maximum absolute atomic E-state index is 13.8. The number of nitrogens with two attached hydrogens (primary N) is 1. The molecule has 0 aliphatic heterocycles. The molecule has 20 heavy (non-hydrogen) atoms. The molecule has 1 aromatic rings. The molecule has 0 atom stereocenters. The molecule has 0 heterocycles. The van der Waals surface area contributed by atoms with Crippen molar-refractivity contribution in [1.82, 2.24) is 0 Å². The van der Waals surface area contributed by atoms with Crippen molar-refractivity contribution in [2.45, 2.75) is 40.5 Å². The van der Waals surface area contributed by atoms with Crippen LogP contribution in [0.25, 0.3) is 0 Å². The Hall–Kier alpha value is -1.45. The first kappa shape index (κ1) is 16.6. The van der Waals surface area contributed by atoms with Gasteiger partial charge < -0.3 is 15.4 Å². The SMILES string of the molecule is CCOc1cc(N(CC)CC(CC)CC)c(N)cc1F. The zero-order valence-corrected chi connectivity index (χ0v) is 13.1. The number of rotatable bonds is 8. The lowest BCUT2D eigenvalue weighted by Gasteiger charge is -2.29. The summed E-state index contributed by atoms with van der Waals surface area (Å²) in [5.74, 6) is 0.501. The quantitative estimate of drug-likeness (QED) is 0.730. The Morgan fingerprint density at radius 2 is 1.85 bits per heavy atom. The van der Waals surface area contributed by atoms with Gasteiger partial charge in [0.2, 0.25) is 0 Å². The number of ether oxygens (including phenoxy) is 1. The van der Waals surface area contributed by atoms with E-state index in [9.17, 15) is 4.39 Å². The molecular formula is C16H27FN2O. The van der Waals surface area contributed by atoms with Gasteiger partial charge in [0, 0.05) is 25.2 Å². The molecule has 0 radical (unpaired) electrons. The summed E-state index contributed by atoms with van der Waals surface area (Å²) in [6, 6.07) is 3.08. The summed E-state index contributed by atoms with van der Waals surface area (Å²) in [6.07, 6.45) is 2.26. The van der Waals surface area contributed by atoms with Gasteiger partial charge in [0.15, 0.2) is 11.6 Å². The Morgan fingerprint density at radius 1 is 1.20 bits per heavy atom. The van der Waals surface area contributed by atoms with Crippen LogP contribution in [0, 0.1) is 11.7 Å². The number of nitrogen functional groups attached to an aromatic ring is 1. The third kappa shape index (κ3) is 4.02. The minimum Gasteiger partial charge on any atom is -0.491 e. The van der Waals surface area contributed by atoms with Crippen molar-refractivity contribution >= 4 is 11.4 Å². The summed E-state index contributed by atoms with van der Waals surface area (Å²) in [5.41, 5.74) is 7.32. The normalized spacial score (nSPS) is 10.9. The highest BCUT2D eigenvalue weighted by molar-refractivity contribution is 5.70. The van der Waals surface area contributed by atoms with E-state index in [0.29, 0.717) is 18.2 Å². The Morgan fingerprint density at radius 3 is 2.35 bits per heavy atom. The molecular weight excluding hydrogens is 255 g/mol. The van der Waals surface area contributed by atoms with Crippen LogP contribution in [-0.2, 0) is 0 Å². The van der Waals surface area contributed by atoms with Crippen LogP contribution in [0.1, 0.15) is 40.5 Å². The minimum atomic E-state index is -0.397. The van der Waals surface area contributed by atoms with Crippen molar-refractivity contribution in [2.24, 2.45) is 5.92 Å². The summed E-state index contributed by atoms with van der Waals surface area (Å²) in [6.45, 7) is 10.5. The van der Waals surface area contributed by atoms with Crippen molar-refractivity contribution < 1.29 is 9.13 Å². The molecule has 2 N–H and O–H groups in total. The summed E-state index contributed by atoms with van der Waals surface area (Å²) in [4.78, 5) is 2.20. The molecule has 1 rings (SSSR count). The molecule has 0 aliphatic carbocycles. The van der Waals surface area contributed by atoms with Gasteiger partial charge in [-0.3, -0.25) is 0 Å². The Kier molecular flexibility index (Phi) is 6.62. The van der Waals surface area contributed by atoms with Crippen LogP contribution in [0.2, 0.25) is 0 Å². The van der Waals surface area contributed by atoms with E-state index in [4.69, 9.17) is 10.5 Å². The summed E-state index contributed by atoms with van der Waals surface area (Å²) in [5, 5.41) is 0. The first-order chi connectivity index (χ1) is 9.57. The second kappa shape index (κ2) is 7.98. The highest BCUT2D eigenvalue weighted by Gasteiger charge is 2.16. The van der Waals surface area contributed by atoms with Crippen molar-refractivity contribution in [2.75, 3.05) is 30.3 Å². The smallest absolute Gasteiger partial charge is 0.167 e. The fourth-order valence-corrected chi connectivity index (χ4v) is 2.35. The number of hydrogen-bond donors (Lipinski definition) is 1. The van der Waals surface area contributed by atoms with Gasteiger partial charge in [0.1, 0.15) is 0 Å². The molecule has 0 amide bonds. The molecule has 0 saturated heterocycles. The van der Waals surface area contributed by atoms with Crippen LogP contribution in [-0.4, -0.2) is 19.7 Å². The van der Waals surface area contributed by atoms with Crippen LogP contribution in [0.3, 0.4) is 0 Å². The van der Waals surface area contributed by atoms with Gasteiger partial charge in [-0.2, -0.15) is 0 Å².